The molecule has 1 saturated carbocycles. The van der Waals surface area contributed by atoms with Crippen LogP contribution >= 0.6 is 0 Å². The van der Waals surface area contributed by atoms with E-state index in [4.69, 9.17) is 28.3 Å². The zero-order chi connectivity index (χ0) is 27.0. The number of carbonyl (C=O) groups excluding carboxylic acids is 2. The number of ether oxygens (including phenoxy) is 1. The number of nitrogens with one attached hydrogen (secondary N) is 2. The van der Waals surface area contributed by atoms with E-state index in [-0.39, 0.29) is 29.3 Å². The first-order chi connectivity index (χ1) is 18.1. The van der Waals surface area contributed by atoms with E-state index < -0.39 is 11.1 Å². The molecule has 0 spiro atoms. The number of hydrogen-bond acceptors (Lipinski definition) is 8. The molecule has 2 aromatic heterocycles. The summed E-state index contributed by atoms with van der Waals surface area (Å²) < 4.78 is 7.26. The minimum Gasteiger partial charge on any atom is -0.494 e. The van der Waals surface area contributed by atoms with Gasteiger partial charge in [0.25, 0.3) is 5.91 Å². The van der Waals surface area contributed by atoms with Crippen LogP contribution in [0.15, 0.2) is 30.6 Å². The van der Waals surface area contributed by atoms with E-state index in [1.165, 1.54) is 7.11 Å². The number of hydrogen-bond donors (Lipinski definition) is 2. The maximum atomic E-state index is 13.1. The van der Waals surface area contributed by atoms with Gasteiger partial charge in [-0.2, -0.15) is 5.10 Å². The standard InChI is InChI=1S/C23H24B3N9O3/c1-33-12-27-20(32-33)14-7-4-8-15(19(14)38-2)28-16-11-17(30-31-18(16)21(36)29-23(24,25)26)35-10-9-34(22(35)37)13-5-3-6-13/h4,7-8,11-13H,3,5-6,9-10H2,1-2H3,(H,28,30)(H,29,36). The van der Waals surface area contributed by atoms with E-state index in [9.17, 15) is 9.59 Å². The fourth-order valence-corrected chi connectivity index (χ4v) is 4.48. The van der Waals surface area contributed by atoms with Crippen LogP contribution in [0, 0.1) is 0 Å². The van der Waals surface area contributed by atoms with Crippen molar-refractivity contribution < 1.29 is 14.3 Å². The van der Waals surface area contributed by atoms with Crippen molar-refractivity contribution in [2.24, 2.45) is 7.05 Å². The summed E-state index contributed by atoms with van der Waals surface area (Å²) in [4.78, 5) is 33.8. The Labute approximate surface area is 223 Å². The highest BCUT2D eigenvalue weighted by Crippen LogP contribution is 2.37. The molecular formula is C23H24B3N9O3. The molecule has 2 N–H and O–H groups in total. The van der Waals surface area contributed by atoms with Crippen molar-refractivity contribution in [3.05, 3.63) is 36.3 Å². The summed E-state index contributed by atoms with van der Waals surface area (Å²) in [5, 5.41) is 16.1. The second-order valence-electron chi connectivity index (χ2n) is 9.32. The summed E-state index contributed by atoms with van der Waals surface area (Å²) in [6.07, 6.45) is 4.69. The Kier molecular flexibility index (Phi) is 6.76. The van der Waals surface area contributed by atoms with Gasteiger partial charge >= 0.3 is 6.03 Å². The van der Waals surface area contributed by atoms with Gasteiger partial charge in [0.2, 0.25) is 0 Å². The SMILES string of the molecule is [B]C([B])([B])NC(=O)c1nnc(N2CCN(C3CCC3)C2=O)cc1Nc1cccc(-c2ncn(C)n2)c1OC. The predicted molar refractivity (Wildman–Crippen MR) is 143 cm³/mol. The third kappa shape index (κ3) is 5.05. The molecular weight excluding hydrogens is 483 g/mol. The van der Waals surface area contributed by atoms with Gasteiger partial charge in [0.1, 0.15) is 6.33 Å². The van der Waals surface area contributed by atoms with Crippen molar-refractivity contribution in [2.45, 2.75) is 30.5 Å². The average Bonchev–Trinajstić information content (AvgIpc) is 3.42. The maximum Gasteiger partial charge on any atom is 0.326 e. The number of rotatable bonds is 8. The summed E-state index contributed by atoms with van der Waals surface area (Å²) in [7, 11) is 20.0. The van der Waals surface area contributed by atoms with Crippen LogP contribution < -0.4 is 20.3 Å². The Hall–Kier alpha value is -4.03. The molecule has 1 aromatic carbocycles. The zero-order valence-electron chi connectivity index (χ0n) is 21.1. The van der Waals surface area contributed by atoms with Crippen LogP contribution in [-0.4, -0.2) is 96.8 Å². The van der Waals surface area contributed by atoms with E-state index in [1.54, 1.807) is 41.2 Å². The number of anilines is 3. The lowest BCUT2D eigenvalue weighted by molar-refractivity contribution is 0.0947. The highest BCUT2D eigenvalue weighted by atomic mass is 16.5. The number of benzene rings is 1. The average molecular weight is 507 g/mol. The molecule has 6 radical (unpaired) electrons. The van der Waals surface area contributed by atoms with Crippen LogP contribution in [0.3, 0.4) is 0 Å². The van der Waals surface area contributed by atoms with Crippen molar-refractivity contribution in [3.63, 3.8) is 0 Å². The molecule has 38 heavy (non-hydrogen) atoms. The Morgan fingerprint density at radius 2 is 1.95 bits per heavy atom. The molecule has 1 saturated heterocycles. The molecule has 3 heterocycles. The van der Waals surface area contributed by atoms with Crippen LogP contribution in [0.5, 0.6) is 5.75 Å². The first kappa shape index (κ1) is 25.6. The van der Waals surface area contributed by atoms with E-state index in [2.05, 4.69) is 30.9 Å². The van der Waals surface area contributed by atoms with Gasteiger partial charge in [0, 0.05) is 32.2 Å². The lowest BCUT2D eigenvalue weighted by atomic mass is 9.49. The van der Waals surface area contributed by atoms with Gasteiger partial charge in [0.15, 0.2) is 23.1 Å². The van der Waals surface area contributed by atoms with Crippen molar-refractivity contribution in [3.8, 4) is 17.1 Å². The van der Waals surface area contributed by atoms with Gasteiger partial charge in [-0.1, -0.05) is 11.3 Å². The van der Waals surface area contributed by atoms with Crippen LogP contribution in [0.1, 0.15) is 29.8 Å². The van der Waals surface area contributed by atoms with E-state index in [1.807, 2.05) is 11.0 Å². The highest BCUT2D eigenvalue weighted by Gasteiger charge is 2.38. The highest BCUT2D eigenvalue weighted by molar-refractivity contribution is 6.60. The quantitative estimate of drug-likeness (QED) is 0.426. The first-order valence-corrected chi connectivity index (χ1v) is 12.1. The first-order valence-electron chi connectivity index (χ1n) is 12.1. The largest absolute Gasteiger partial charge is 0.494 e. The molecule has 5 rings (SSSR count). The number of amides is 3. The van der Waals surface area contributed by atoms with Gasteiger partial charge < -0.3 is 20.3 Å². The number of aromatic nitrogens is 5. The van der Waals surface area contributed by atoms with Gasteiger partial charge in [-0.15, -0.1) is 10.2 Å². The van der Waals surface area contributed by atoms with Gasteiger partial charge in [-0.3, -0.25) is 14.4 Å². The molecule has 0 atom stereocenters. The minimum absolute atomic E-state index is 0.134. The van der Waals surface area contributed by atoms with Crippen LogP contribution in [-0.2, 0) is 7.05 Å². The summed E-state index contributed by atoms with van der Waals surface area (Å²) >= 11 is 0. The smallest absolute Gasteiger partial charge is 0.326 e. The maximum absolute atomic E-state index is 13.1. The molecule has 1 aliphatic heterocycles. The number of urea groups is 1. The predicted octanol–water partition coefficient (Wildman–Crippen LogP) is 0.665. The van der Waals surface area contributed by atoms with E-state index in [0.29, 0.717) is 35.9 Å². The lowest BCUT2D eigenvalue weighted by Crippen LogP contribution is -2.50. The summed E-state index contributed by atoms with van der Waals surface area (Å²) in [5.41, 5.74) is 1.22. The molecule has 188 valence electrons. The topological polar surface area (TPSA) is 130 Å². The summed E-state index contributed by atoms with van der Waals surface area (Å²) in [6, 6.07) is 7.04. The molecule has 12 nitrogen and oxygen atoms in total. The molecule has 15 heteroatoms. The Bertz CT molecular complexity index is 1370. The third-order valence-electron chi connectivity index (χ3n) is 6.49. The molecule has 3 aromatic rings. The third-order valence-corrected chi connectivity index (χ3v) is 6.49. The van der Waals surface area contributed by atoms with Crippen molar-refractivity contribution in [1.29, 1.82) is 0 Å². The van der Waals surface area contributed by atoms with Crippen LogP contribution in [0.25, 0.3) is 11.4 Å². The van der Waals surface area contributed by atoms with E-state index in [0.717, 1.165) is 19.3 Å². The van der Waals surface area contributed by atoms with E-state index >= 15 is 0 Å². The molecule has 2 aliphatic rings. The van der Waals surface area contributed by atoms with Gasteiger partial charge in [0.05, 0.1) is 47.6 Å². The van der Waals surface area contributed by atoms with Gasteiger partial charge in [-0.25, -0.2) is 9.78 Å². The number of nitrogens with zero attached hydrogens (tertiary/aromatic N) is 7. The van der Waals surface area contributed by atoms with Crippen LogP contribution in [0.4, 0.5) is 22.0 Å². The minimum atomic E-state index is -1.98. The molecule has 0 bridgehead atoms. The number of aryl methyl sites for hydroxylation is 1. The number of carbonyl (C=O) groups is 2. The van der Waals surface area contributed by atoms with Gasteiger partial charge in [-0.05, 0) is 31.4 Å². The van der Waals surface area contributed by atoms with Crippen LogP contribution in [0.2, 0.25) is 0 Å². The van der Waals surface area contributed by atoms with Crippen molar-refractivity contribution in [1.82, 2.24) is 35.2 Å². The van der Waals surface area contributed by atoms with Crippen molar-refractivity contribution in [2.75, 3.05) is 30.4 Å². The molecule has 3 amide bonds. The molecule has 1 aliphatic carbocycles. The summed E-state index contributed by atoms with van der Waals surface area (Å²) in [5.74, 6) is 0.418. The summed E-state index contributed by atoms with van der Waals surface area (Å²) in [6.45, 7) is 1.05. The Balaban J connectivity index is 1.52. The van der Waals surface area contributed by atoms with Crippen molar-refractivity contribution >= 4 is 52.7 Å². The number of methoxy groups -OCH3 is 1. The second kappa shape index (κ2) is 10.0. The lowest BCUT2D eigenvalue weighted by Gasteiger charge is -2.34. The fraction of sp³-hybridized carbons (Fsp3) is 0.391. The molecule has 2 fully saturated rings. The number of para-hydroxylation sites is 1. The Morgan fingerprint density at radius 1 is 1.16 bits per heavy atom. The Morgan fingerprint density at radius 3 is 2.58 bits per heavy atom. The fourth-order valence-electron chi connectivity index (χ4n) is 4.48. The zero-order valence-corrected chi connectivity index (χ0v) is 21.1. The second-order valence-corrected chi connectivity index (χ2v) is 9.32. The monoisotopic (exact) mass is 507 g/mol. The normalized spacial score (nSPS) is 15.9. The molecule has 0 unspecified atom stereocenters.